The SMILES string of the molecule is CCOC(=O)C1=C(Nc2ccccc2)S/C(=C\c2ccc(OCCOCCN)c(O)c2)C1=O. The van der Waals surface area contributed by atoms with E-state index >= 15 is 0 Å². The van der Waals surface area contributed by atoms with E-state index in [1.54, 1.807) is 25.1 Å². The number of benzene rings is 2. The van der Waals surface area contributed by atoms with Gasteiger partial charge in [0.25, 0.3) is 0 Å². The summed E-state index contributed by atoms with van der Waals surface area (Å²) in [6, 6.07) is 14.0. The standard InChI is InChI=1S/C24H26N2O6S/c1-2-31-24(29)21-22(28)20(33-23(21)26-17-6-4-3-5-7-17)15-16-8-9-19(18(27)14-16)32-13-12-30-11-10-25/h3-9,14-15,26-27H,2,10-13,25H2,1H3/b20-15-. The molecule has 0 unspecified atom stereocenters. The minimum atomic E-state index is -0.680. The van der Waals surface area contributed by atoms with Gasteiger partial charge in [-0.25, -0.2) is 4.79 Å². The predicted molar refractivity (Wildman–Crippen MR) is 128 cm³/mol. The van der Waals surface area contributed by atoms with Crippen molar-refractivity contribution in [3.8, 4) is 11.5 Å². The molecule has 1 aliphatic rings. The van der Waals surface area contributed by atoms with E-state index < -0.39 is 11.8 Å². The van der Waals surface area contributed by atoms with Crippen LogP contribution in [0.5, 0.6) is 11.5 Å². The Kier molecular flexibility index (Phi) is 8.94. The summed E-state index contributed by atoms with van der Waals surface area (Å²) in [7, 11) is 0. The Hall–Kier alpha value is -3.27. The lowest BCUT2D eigenvalue weighted by molar-refractivity contribution is -0.139. The number of phenols is 1. The zero-order valence-electron chi connectivity index (χ0n) is 18.2. The van der Waals surface area contributed by atoms with Crippen LogP contribution in [0.25, 0.3) is 6.08 Å². The van der Waals surface area contributed by atoms with Crippen LogP contribution in [0.15, 0.2) is 64.0 Å². The number of nitrogens with one attached hydrogen (secondary N) is 1. The number of rotatable bonds is 11. The van der Waals surface area contributed by atoms with Gasteiger partial charge in [0.1, 0.15) is 12.2 Å². The molecule has 0 amide bonds. The van der Waals surface area contributed by atoms with Crippen LogP contribution in [0.3, 0.4) is 0 Å². The maximum absolute atomic E-state index is 13.0. The van der Waals surface area contributed by atoms with Crippen LogP contribution >= 0.6 is 11.8 Å². The number of aromatic hydroxyl groups is 1. The van der Waals surface area contributed by atoms with Gasteiger partial charge in [0.15, 0.2) is 11.5 Å². The quantitative estimate of drug-likeness (QED) is 0.197. The van der Waals surface area contributed by atoms with Crippen molar-refractivity contribution >= 4 is 35.3 Å². The number of ether oxygens (including phenoxy) is 3. The second kappa shape index (κ2) is 12.1. The molecule has 0 saturated heterocycles. The van der Waals surface area contributed by atoms with Crippen LogP contribution in [0.2, 0.25) is 0 Å². The van der Waals surface area contributed by atoms with Gasteiger partial charge in [0, 0.05) is 12.2 Å². The van der Waals surface area contributed by atoms with Crippen molar-refractivity contribution in [2.45, 2.75) is 6.92 Å². The van der Waals surface area contributed by atoms with Crippen LogP contribution in [-0.2, 0) is 19.1 Å². The molecule has 2 aromatic carbocycles. The minimum absolute atomic E-state index is 0.0430. The summed E-state index contributed by atoms with van der Waals surface area (Å²) in [6.07, 6.45) is 1.61. The zero-order chi connectivity index (χ0) is 23.6. The number of hydrogen-bond acceptors (Lipinski definition) is 9. The van der Waals surface area contributed by atoms with Gasteiger partial charge in [0.2, 0.25) is 5.78 Å². The molecule has 8 nitrogen and oxygen atoms in total. The highest BCUT2D eigenvalue weighted by molar-refractivity contribution is 8.08. The van der Waals surface area contributed by atoms with Crippen LogP contribution in [0.1, 0.15) is 12.5 Å². The second-order valence-electron chi connectivity index (χ2n) is 6.83. The highest BCUT2D eigenvalue weighted by Gasteiger charge is 2.35. The third-order valence-electron chi connectivity index (χ3n) is 4.43. The van der Waals surface area contributed by atoms with E-state index in [9.17, 15) is 14.7 Å². The van der Waals surface area contributed by atoms with E-state index in [2.05, 4.69) is 5.32 Å². The average molecular weight is 471 g/mol. The molecule has 9 heteroatoms. The third-order valence-corrected chi connectivity index (χ3v) is 5.46. The minimum Gasteiger partial charge on any atom is -0.504 e. The molecule has 0 spiro atoms. The number of Topliss-reactive ketones (excluding diaryl/α,β-unsaturated/α-hetero) is 1. The monoisotopic (exact) mass is 470 g/mol. The molecule has 0 saturated carbocycles. The van der Waals surface area contributed by atoms with Gasteiger partial charge in [-0.3, -0.25) is 4.79 Å². The molecule has 0 atom stereocenters. The van der Waals surface area contributed by atoms with Crippen molar-refractivity contribution in [3.63, 3.8) is 0 Å². The molecule has 2 aromatic rings. The van der Waals surface area contributed by atoms with Gasteiger partial charge >= 0.3 is 5.97 Å². The first kappa shape index (κ1) is 24.4. The molecule has 0 radical (unpaired) electrons. The van der Waals surface area contributed by atoms with Gasteiger partial charge in [0.05, 0.1) is 29.8 Å². The van der Waals surface area contributed by atoms with Crippen molar-refractivity contribution in [3.05, 3.63) is 69.6 Å². The lowest BCUT2D eigenvalue weighted by Gasteiger charge is -2.09. The molecular weight excluding hydrogens is 444 g/mol. The Morgan fingerprint density at radius 3 is 2.64 bits per heavy atom. The number of para-hydroxylation sites is 1. The number of phenolic OH excluding ortho intramolecular Hbond substituents is 1. The molecule has 0 bridgehead atoms. The Bertz CT molecular complexity index is 1050. The summed E-state index contributed by atoms with van der Waals surface area (Å²) >= 11 is 1.14. The first-order chi connectivity index (χ1) is 16.0. The topological polar surface area (TPSA) is 120 Å². The molecular formula is C24H26N2O6S. The molecule has 174 valence electrons. The van der Waals surface area contributed by atoms with Crippen molar-refractivity contribution in [2.24, 2.45) is 5.73 Å². The van der Waals surface area contributed by atoms with Gasteiger partial charge in [-0.15, -0.1) is 0 Å². The number of esters is 1. The fraction of sp³-hybridized carbons (Fsp3) is 0.250. The smallest absolute Gasteiger partial charge is 0.344 e. The Labute approximate surface area is 196 Å². The summed E-state index contributed by atoms with van der Waals surface area (Å²) in [5, 5.41) is 13.8. The Balaban J connectivity index is 1.76. The number of carbonyl (C=O) groups excluding carboxylic acids is 2. The van der Waals surface area contributed by atoms with Crippen LogP contribution in [-0.4, -0.2) is 49.8 Å². The Morgan fingerprint density at radius 1 is 1.15 bits per heavy atom. The highest BCUT2D eigenvalue weighted by Crippen LogP contribution is 2.41. The largest absolute Gasteiger partial charge is 0.504 e. The second-order valence-corrected chi connectivity index (χ2v) is 7.88. The van der Waals surface area contributed by atoms with Gasteiger partial charge < -0.3 is 30.4 Å². The molecule has 1 heterocycles. The van der Waals surface area contributed by atoms with Crippen LogP contribution in [0.4, 0.5) is 5.69 Å². The van der Waals surface area contributed by atoms with Crippen LogP contribution in [0, 0.1) is 0 Å². The lowest BCUT2D eigenvalue weighted by Crippen LogP contribution is -2.16. The van der Waals surface area contributed by atoms with Crippen molar-refractivity contribution in [1.82, 2.24) is 0 Å². The third kappa shape index (κ3) is 6.61. The number of anilines is 1. The fourth-order valence-electron chi connectivity index (χ4n) is 2.95. The first-order valence-corrected chi connectivity index (χ1v) is 11.3. The molecule has 0 aromatic heterocycles. The molecule has 0 fully saturated rings. The zero-order valence-corrected chi connectivity index (χ0v) is 19.0. The van der Waals surface area contributed by atoms with E-state index in [-0.39, 0.29) is 24.5 Å². The average Bonchev–Trinajstić information content (AvgIpc) is 3.10. The van der Waals surface area contributed by atoms with E-state index in [4.69, 9.17) is 19.9 Å². The number of ketones is 1. The lowest BCUT2D eigenvalue weighted by atomic mass is 10.1. The number of allylic oxidation sites excluding steroid dienone is 1. The van der Waals surface area contributed by atoms with Crippen molar-refractivity contribution in [2.75, 3.05) is 38.3 Å². The summed E-state index contributed by atoms with van der Waals surface area (Å²) < 4.78 is 15.8. The summed E-state index contributed by atoms with van der Waals surface area (Å²) in [5.41, 5.74) is 6.64. The van der Waals surface area contributed by atoms with E-state index in [1.165, 1.54) is 6.07 Å². The fourth-order valence-corrected chi connectivity index (χ4v) is 4.01. The highest BCUT2D eigenvalue weighted by atomic mass is 32.2. The number of carbonyl (C=O) groups is 2. The maximum atomic E-state index is 13.0. The van der Waals surface area contributed by atoms with Gasteiger partial charge in [-0.2, -0.15) is 0 Å². The number of nitrogens with two attached hydrogens (primary N) is 1. The van der Waals surface area contributed by atoms with E-state index in [1.807, 2.05) is 30.3 Å². The first-order valence-electron chi connectivity index (χ1n) is 10.4. The van der Waals surface area contributed by atoms with Crippen molar-refractivity contribution < 1.29 is 28.9 Å². The molecule has 4 N–H and O–H groups in total. The van der Waals surface area contributed by atoms with Crippen LogP contribution < -0.4 is 15.8 Å². The summed E-state index contributed by atoms with van der Waals surface area (Å²) in [6.45, 7) is 3.33. The maximum Gasteiger partial charge on any atom is 0.344 e. The molecule has 1 aliphatic heterocycles. The molecule has 3 rings (SSSR count). The number of thioether (sulfide) groups is 1. The predicted octanol–water partition coefficient (Wildman–Crippen LogP) is 3.29. The van der Waals surface area contributed by atoms with E-state index in [0.29, 0.717) is 41.0 Å². The summed E-state index contributed by atoms with van der Waals surface area (Å²) in [4.78, 5) is 25.8. The van der Waals surface area contributed by atoms with Gasteiger partial charge in [-0.1, -0.05) is 36.0 Å². The van der Waals surface area contributed by atoms with Crippen molar-refractivity contribution in [1.29, 1.82) is 0 Å². The van der Waals surface area contributed by atoms with Gasteiger partial charge in [-0.05, 0) is 42.8 Å². The molecule has 33 heavy (non-hydrogen) atoms. The molecule has 0 aliphatic carbocycles. The van der Waals surface area contributed by atoms with E-state index in [0.717, 1.165) is 17.4 Å². The summed E-state index contributed by atoms with van der Waals surface area (Å²) in [5.74, 6) is -0.885. The number of hydrogen-bond donors (Lipinski definition) is 3. The Morgan fingerprint density at radius 2 is 1.94 bits per heavy atom. The normalized spacial score (nSPS) is 14.6.